The molecule has 0 saturated heterocycles. The highest BCUT2D eigenvalue weighted by atomic mass is 16.2. The van der Waals surface area contributed by atoms with E-state index in [-0.39, 0.29) is 18.7 Å². The molecule has 1 aromatic carbocycles. The van der Waals surface area contributed by atoms with Gasteiger partial charge in [-0.15, -0.1) is 0 Å². The van der Waals surface area contributed by atoms with Crippen molar-refractivity contribution in [2.75, 3.05) is 11.9 Å². The topological polar surface area (TPSA) is 44.1 Å². The summed E-state index contributed by atoms with van der Waals surface area (Å²) in [6, 6.07) is 6.13. The third-order valence-electron chi connectivity index (χ3n) is 2.80. The first-order valence-corrected chi connectivity index (χ1v) is 5.68. The molecular formula is C14H18N2O. The Hall–Kier alpha value is -1.82. The zero-order valence-corrected chi connectivity index (χ0v) is 10.9. The minimum Gasteiger partial charge on any atom is -0.315 e. The highest BCUT2D eigenvalue weighted by Crippen LogP contribution is 2.25. The Morgan fingerprint density at radius 1 is 1.29 bits per heavy atom. The summed E-state index contributed by atoms with van der Waals surface area (Å²) in [7, 11) is 1.77. The first kappa shape index (κ1) is 13.2. The van der Waals surface area contributed by atoms with E-state index in [1.165, 1.54) is 5.56 Å². The smallest absolute Gasteiger partial charge is 0.227 e. The molecule has 0 unspecified atom stereocenters. The number of nitriles is 1. The molecule has 17 heavy (non-hydrogen) atoms. The zero-order chi connectivity index (χ0) is 13.0. The largest absolute Gasteiger partial charge is 0.315 e. The number of amides is 1. The van der Waals surface area contributed by atoms with Crippen molar-refractivity contribution in [3.05, 3.63) is 28.8 Å². The van der Waals surface area contributed by atoms with Crippen LogP contribution in [0.25, 0.3) is 0 Å². The Morgan fingerprint density at radius 3 is 2.29 bits per heavy atom. The predicted molar refractivity (Wildman–Crippen MR) is 68.9 cm³/mol. The molecule has 0 bridgehead atoms. The molecule has 0 aromatic heterocycles. The van der Waals surface area contributed by atoms with Crippen molar-refractivity contribution in [2.45, 2.75) is 33.6 Å². The van der Waals surface area contributed by atoms with E-state index < -0.39 is 0 Å². The van der Waals surface area contributed by atoms with Gasteiger partial charge in [0.25, 0.3) is 0 Å². The van der Waals surface area contributed by atoms with Crippen LogP contribution in [0.15, 0.2) is 12.1 Å². The van der Waals surface area contributed by atoms with Crippen LogP contribution in [0.4, 0.5) is 5.69 Å². The molecule has 3 heteroatoms. The van der Waals surface area contributed by atoms with Crippen LogP contribution in [0.5, 0.6) is 0 Å². The van der Waals surface area contributed by atoms with Crippen molar-refractivity contribution in [1.82, 2.24) is 0 Å². The molecule has 0 atom stereocenters. The summed E-state index contributed by atoms with van der Waals surface area (Å²) >= 11 is 0. The lowest BCUT2D eigenvalue weighted by Gasteiger charge is -2.22. The number of aryl methyl sites for hydroxylation is 3. The lowest BCUT2D eigenvalue weighted by Crippen LogP contribution is -2.27. The van der Waals surface area contributed by atoms with Crippen molar-refractivity contribution in [3.63, 3.8) is 0 Å². The van der Waals surface area contributed by atoms with Crippen molar-refractivity contribution in [3.8, 4) is 6.07 Å². The van der Waals surface area contributed by atoms with Gasteiger partial charge in [-0.25, -0.2) is 0 Å². The van der Waals surface area contributed by atoms with Gasteiger partial charge in [-0.3, -0.25) is 4.79 Å². The van der Waals surface area contributed by atoms with Crippen LogP contribution >= 0.6 is 0 Å². The molecule has 0 aliphatic rings. The quantitative estimate of drug-likeness (QED) is 0.801. The van der Waals surface area contributed by atoms with Gasteiger partial charge in [-0.2, -0.15) is 5.26 Å². The number of hydrogen-bond acceptors (Lipinski definition) is 2. The number of rotatable bonds is 3. The molecule has 0 N–H and O–H groups in total. The molecule has 3 nitrogen and oxygen atoms in total. The summed E-state index contributed by atoms with van der Waals surface area (Å²) in [4.78, 5) is 13.5. The number of nitrogens with zero attached hydrogens (tertiary/aromatic N) is 2. The zero-order valence-electron chi connectivity index (χ0n) is 10.9. The summed E-state index contributed by atoms with van der Waals surface area (Å²) < 4.78 is 0. The Balaban J connectivity index is 3.01. The van der Waals surface area contributed by atoms with Gasteiger partial charge in [0.15, 0.2) is 0 Å². The lowest BCUT2D eigenvalue weighted by molar-refractivity contribution is -0.118. The van der Waals surface area contributed by atoms with Crippen LogP contribution in [0.3, 0.4) is 0 Å². The van der Waals surface area contributed by atoms with Gasteiger partial charge in [0, 0.05) is 25.6 Å². The van der Waals surface area contributed by atoms with Crippen molar-refractivity contribution < 1.29 is 4.79 Å². The monoisotopic (exact) mass is 230 g/mol. The first-order chi connectivity index (χ1) is 7.97. The van der Waals surface area contributed by atoms with E-state index in [0.29, 0.717) is 0 Å². The summed E-state index contributed by atoms with van der Waals surface area (Å²) in [5.41, 5.74) is 4.34. The van der Waals surface area contributed by atoms with E-state index in [1.807, 2.05) is 26.8 Å². The molecule has 0 radical (unpaired) electrons. The third kappa shape index (κ3) is 3.07. The molecule has 0 aliphatic carbocycles. The number of hydrogen-bond donors (Lipinski definition) is 0. The Labute approximate surface area is 103 Å². The fourth-order valence-electron chi connectivity index (χ4n) is 2.16. The highest BCUT2D eigenvalue weighted by Gasteiger charge is 2.15. The Kier molecular flexibility index (Phi) is 4.28. The standard InChI is InChI=1S/C14H18N2O/c1-10-8-11(2)14(12(3)9-10)16(4)13(17)6-5-7-15/h8-9H,5-6H2,1-4H3. The van der Waals surface area contributed by atoms with Crippen LogP contribution in [-0.4, -0.2) is 13.0 Å². The van der Waals surface area contributed by atoms with Gasteiger partial charge in [-0.05, 0) is 31.9 Å². The SMILES string of the molecule is Cc1cc(C)c(N(C)C(=O)CCC#N)c(C)c1. The Bertz CT molecular complexity index is 449. The van der Waals surface area contributed by atoms with Gasteiger partial charge in [0.05, 0.1) is 6.07 Å². The molecule has 1 rings (SSSR count). The van der Waals surface area contributed by atoms with E-state index in [0.717, 1.165) is 16.8 Å². The molecular weight excluding hydrogens is 212 g/mol. The van der Waals surface area contributed by atoms with Crippen molar-refractivity contribution >= 4 is 11.6 Å². The second-order valence-corrected chi connectivity index (χ2v) is 4.36. The van der Waals surface area contributed by atoms with Gasteiger partial charge in [0.2, 0.25) is 5.91 Å². The van der Waals surface area contributed by atoms with Crippen LogP contribution in [-0.2, 0) is 4.79 Å². The fraction of sp³-hybridized carbons (Fsp3) is 0.429. The molecule has 90 valence electrons. The summed E-state index contributed by atoms with van der Waals surface area (Å²) in [5.74, 6) is -0.0124. The maximum atomic E-state index is 11.9. The van der Waals surface area contributed by atoms with Gasteiger partial charge in [-0.1, -0.05) is 17.7 Å². The summed E-state index contributed by atoms with van der Waals surface area (Å²) in [6.07, 6.45) is 0.548. The summed E-state index contributed by atoms with van der Waals surface area (Å²) in [6.45, 7) is 6.05. The van der Waals surface area contributed by atoms with Gasteiger partial charge >= 0.3 is 0 Å². The van der Waals surface area contributed by atoms with Crippen LogP contribution in [0.2, 0.25) is 0 Å². The Morgan fingerprint density at radius 2 is 1.82 bits per heavy atom. The molecule has 1 amide bonds. The van der Waals surface area contributed by atoms with Gasteiger partial charge < -0.3 is 4.90 Å². The van der Waals surface area contributed by atoms with Crippen molar-refractivity contribution in [2.24, 2.45) is 0 Å². The number of benzene rings is 1. The van der Waals surface area contributed by atoms with E-state index in [1.54, 1.807) is 11.9 Å². The average molecular weight is 230 g/mol. The van der Waals surface area contributed by atoms with E-state index >= 15 is 0 Å². The predicted octanol–water partition coefficient (Wildman–Crippen LogP) is 2.88. The average Bonchev–Trinajstić information content (AvgIpc) is 2.24. The van der Waals surface area contributed by atoms with E-state index in [4.69, 9.17) is 5.26 Å². The van der Waals surface area contributed by atoms with E-state index in [2.05, 4.69) is 12.1 Å². The van der Waals surface area contributed by atoms with E-state index in [9.17, 15) is 4.79 Å². The summed E-state index contributed by atoms with van der Waals surface area (Å²) in [5, 5.41) is 8.49. The number of anilines is 1. The maximum absolute atomic E-state index is 11.9. The maximum Gasteiger partial charge on any atom is 0.227 e. The minimum atomic E-state index is -0.0124. The molecule has 0 spiro atoms. The normalized spacial score (nSPS) is 9.82. The van der Waals surface area contributed by atoms with Gasteiger partial charge in [0.1, 0.15) is 0 Å². The van der Waals surface area contributed by atoms with Crippen LogP contribution in [0.1, 0.15) is 29.5 Å². The van der Waals surface area contributed by atoms with Crippen molar-refractivity contribution in [1.29, 1.82) is 5.26 Å². The molecule has 0 saturated carbocycles. The number of carbonyl (C=O) groups is 1. The molecule has 0 fully saturated rings. The van der Waals surface area contributed by atoms with Crippen LogP contribution < -0.4 is 4.90 Å². The second-order valence-electron chi connectivity index (χ2n) is 4.36. The fourth-order valence-corrected chi connectivity index (χ4v) is 2.16. The van der Waals surface area contributed by atoms with Crippen LogP contribution in [0, 0.1) is 32.1 Å². The second kappa shape index (κ2) is 5.49. The number of carbonyl (C=O) groups excluding carboxylic acids is 1. The lowest BCUT2D eigenvalue weighted by atomic mass is 10.0. The minimum absolute atomic E-state index is 0.0124. The first-order valence-electron chi connectivity index (χ1n) is 5.68. The highest BCUT2D eigenvalue weighted by molar-refractivity contribution is 5.94. The molecule has 1 aromatic rings. The molecule has 0 heterocycles. The molecule has 0 aliphatic heterocycles. The third-order valence-corrected chi connectivity index (χ3v) is 2.80.